The molecule has 1 unspecified atom stereocenters. The number of carboxylic acid groups (broad SMARTS) is 1. The molecule has 0 bridgehead atoms. The van der Waals surface area contributed by atoms with Crippen molar-refractivity contribution in [1.82, 2.24) is 10.2 Å². The largest absolute Gasteiger partial charge is 0.508 e. The number of hydrogen-bond acceptors (Lipinski definition) is 6. The molecule has 1 aromatic rings. The first-order chi connectivity index (χ1) is 12.3. The van der Waals surface area contributed by atoms with Gasteiger partial charge in [0.05, 0.1) is 0 Å². The van der Waals surface area contributed by atoms with E-state index < -0.39 is 35.2 Å². The number of phenolic OH excluding ortho intramolecular Hbond substituents is 1. The molecule has 3 rings (SSSR count). The van der Waals surface area contributed by atoms with Crippen molar-refractivity contribution in [2.45, 2.75) is 30.8 Å². The second-order valence-corrected chi connectivity index (χ2v) is 7.18. The van der Waals surface area contributed by atoms with Gasteiger partial charge in [-0.25, -0.2) is 4.79 Å². The van der Waals surface area contributed by atoms with Crippen LogP contribution in [0.4, 0.5) is 0 Å². The second kappa shape index (κ2) is 7.00. The summed E-state index contributed by atoms with van der Waals surface area (Å²) in [5, 5.41) is 20.9. The van der Waals surface area contributed by atoms with Gasteiger partial charge in [0.1, 0.15) is 28.9 Å². The van der Waals surface area contributed by atoms with Gasteiger partial charge in [-0.1, -0.05) is 19.1 Å². The first kappa shape index (κ1) is 18.3. The van der Waals surface area contributed by atoms with Gasteiger partial charge in [0, 0.05) is 5.75 Å². The highest BCUT2D eigenvalue weighted by molar-refractivity contribution is 8.00. The Morgan fingerprint density at radius 3 is 2.62 bits per heavy atom. The van der Waals surface area contributed by atoms with Crippen molar-refractivity contribution in [2.75, 3.05) is 5.75 Å². The quantitative estimate of drug-likeness (QED) is 0.550. The molecule has 2 heterocycles. The highest BCUT2D eigenvalue weighted by Crippen LogP contribution is 2.41. The van der Waals surface area contributed by atoms with E-state index >= 15 is 0 Å². The fourth-order valence-electron chi connectivity index (χ4n) is 3.03. The number of nitrogens with two attached hydrogens (primary N) is 1. The lowest BCUT2D eigenvalue weighted by molar-refractivity contribution is -0.150. The summed E-state index contributed by atoms with van der Waals surface area (Å²) in [6.45, 7) is 1.85. The Bertz CT molecular complexity index is 792. The normalized spacial score (nSPS) is 23.2. The maximum atomic E-state index is 12.4. The molecule has 26 heavy (non-hydrogen) atoms. The number of amides is 2. The van der Waals surface area contributed by atoms with Crippen LogP contribution in [0.1, 0.15) is 24.9 Å². The third-order valence-corrected chi connectivity index (χ3v) is 5.85. The fourth-order valence-corrected chi connectivity index (χ4v) is 4.48. The first-order valence-corrected chi connectivity index (χ1v) is 9.15. The van der Waals surface area contributed by atoms with Crippen LogP contribution in [-0.2, 0) is 14.4 Å². The smallest absolute Gasteiger partial charge is 0.352 e. The van der Waals surface area contributed by atoms with Crippen LogP contribution >= 0.6 is 11.8 Å². The Hall–Kier alpha value is -2.52. The summed E-state index contributed by atoms with van der Waals surface area (Å²) in [5.41, 5.74) is 7.15. The molecule has 0 aliphatic carbocycles. The minimum absolute atomic E-state index is 0.0228. The molecular formula is C17H19N3O5S. The number of aromatic hydroxyl groups is 1. The Kier molecular flexibility index (Phi) is 4.92. The Labute approximate surface area is 154 Å². The third kappa shape index (κ3) is 3.04. The SMILES string of the molecule is CCC1=C(C(=O)O)N2C(=O)[C@@H](NC(=O)[C@H](N)c3ccc(O)cc3)C2SC1. The summed E-state index contributed by atoms with van der Waals surface area (Å²) in [4.78, 5) is 37.6. The zero-order chi connectivity index (χ0) is 19.0. The van der Waals surface area contributed by atoms with Crippen molar-refractivity contribution < 1.29 is 24.6 Å². The van der Waals surface area contributed by atoms with E-state index in [0.717, 1.165) is 0 Å². The van der Waals surface area contributed by atoms with Crippen molar-refractivity contribution in [2.24, 2.45) is 5.73 Å². The minimum atomic E-state index is -1.13. The predicted molar refractivity (Wildman–Crippen MR) is 95.0 cm³/mol. The fraction of sp³-hybridized carbons (Fsp3) is 0.353. The average Bonchev–Trinajstić information content (AvgIpc) is 2.64. The van der Waals surface area contributed by atoms with Gasteiger partial charge in [-0.2, -0.15) is 0 Å². The van der Waals surface area contributed by atoms with Crippen molar-refractivity contribution in [1.29, 1.82) is 0 Å². The van der Waals surface area contributed by atoms with Gasteiger partial charge in [0.25, 0.3) is 5.91 Å². The Morgan fingerprint density at radius 2 is 2.04 bits per heavy atom. The number of nitrogens with zero attached hydrogens (tertiary/aromatic N) is 1. The van der Waals surface area contributed by atoms with Crippen LogP contribution in [-0.4, -0.2) is 50.1 Å². The number of thioether (sulfide) groups is 1. The topological polar surface area (TPSA) is 133 Å². The van der Waals surface area contributed by atoms with Crippen LogP contribution < -0.4 is 11.1 Å². The zero-order valence-corrected chi connectivity index (χ0v) is 14.8. The lowest BCUT2D eigenvalue weighted by Crippen LogP contribution is -2.71. The summed E-state index contributed by atoms with van der Waals surface area (Å²) in [6, 6.07) is 4.11. The molecule has 1 aromatic carbocycles. The summed E-state index contributed by atoms with van der Waals surface area (Å²) in [6.07, 6.45) is 0.549. The zero-order valence-electron chi connectivity index (χ0n) is 14.0. The average molecular weight is 377 g/mol. The van der Waals surface area contributed by atoms with Crippen molar-refractivity contribution in [3.63, 3.8) is 0 Å². The number of rotatable bonds is 5. The number of carboxylic acids is 1. The number of phenols is 1. The highest BCUT2D eigenvalue weighted by Gasteiger charge is 2.54. The Balaban J connectivity index is 1.72. The molecule has 1 fully saturated rings. The van der Waals surface area contributed by atoms with Gasteiger partial charge in [-0.15, -0.1) is 11.8 Å². The van der Waals surface area contributed by atoms with Gasteiger partial charge < -0.3 is 21.3 Å². The number of fused-ring (bicyclic) bond motifs is 1. The monoisotopic (exact) mass is 377 g/mol. The van der Waals surface area contributed by atoms with Crippen LogP contribution in [0, 0.1) is 0 Å². The summed E-state index contributed by atoms with van der Waals surface area (Å²) >= 11 is 1.43. The van der Waals surface area contributed by atoms with Crippen LogP contribution in [0.25, 0.3) is 0 Å². The van der Waals surface area contributed by atoms with E-state index in [4.69, 9.17) is 5.73 Å². The molecule has 1 saturated heterocycles. The summed E-state index contributed by atoms with van der Waals surface area (Å²) < 4.78 is 0. The molecule has 2 amide bonds. The van der Waals surface area contributed by atoms with Crippen LogP contribution in [0.2, 0.25) is 0 Å². The lowest BCUT2D eigenvalue weighted by Gasteiger charge is -2.49. The molecule has 0 spiro atoms. The summed E-state index contributed by atoms with van der Waals surface area (Å²) in [5.74, 6) is -1.55. The van der Waals surface area contributed by atoms with E-state index in [-0.39, 0.29) is 11.4 Å². The second-order valence-electron chi connectivity index (χ2n) is 6.08. The minimum Gasteiger partial charge on any atom is -0.508 e. The number of carbonyl (C=O) groups excluding carboxylic acids is 2. The molecule has 0 saturated carbocycles. The molecule has 5 N–H and O–H groups in total. The number of hydrogen-bond donors (Lipinski definition) is 4. The number of carbonyl (C=O) groups is 3. The maximum absolute atomic E-state index is 12.4. The van der Waals surface area contributed by atoms with Crippen molar-refractivity contribution >= 4 is 29.5 Å². The molecule has 0 radical (unpaired) electrons. The molecule has 0 aromatic heterocycles. The van der Waals surface area contributed by atoms with Gasteiger partial charge in [0.15, 0.2) is 0 Å². The van der Waals surface area contributed by atoms with E-state index in [2.05, 4.69) is 5.32 Å². The number of aliphatic carboxylic acids is 1. The molecule has 138 valence electrons. The van der Waals surface area contributed by atoms with Gasteiger partial charge in [-0.05, 0) is 29.7 Å². The maximum Gasteiger partial charge on any atom is 0.352 e. The third-order valence-electron chi connectivity index (χ3n) is 4.51. The predicted octanol–water partition coefficient (Wildman–Crippen LogP) is 0.541. The molecule has 8 nitrogen and oxygen atoms in total. The van der Waals surface area contributed by atoms with Gasteiger partial charge in [0.2, 0.25) is 5.91 Å². The highest BCUT2D eigenvalue weighted by atomic mass is 32.2. The number of β-lactam (4-membered cyclic amide) rings is 1. The van der Waals surface area contributed by atoms with Crippen LogP contribution in [0.5, 0.6) is 5.75 Å². The van der Waals surface area contributed by atoms with E-state index in [9.17, 15) is 24.6 Å². The standard InChI is InChI=1S/C17H19N3O5S/c1-2-8-7-26-16-12(15(23)20(16)13(8)17(24)25)19-14(22)11(18)9-3-5-10(21)6-4-9/h3-6,11-12,16,21H,2,7,18H2,1H3,(H,19,22)(H,24,25)/t11-,12-,16?/m1/s1. The number of nitrogens with one attached hydrogen (secondary N) is 1. The van der Waals surface area contributed by atoms with Gasteiger partial charge >= 0.3 is 5.97 Å². The van der Waals surface area contributed by atoms with E-state index in [1.807, 2.05) is 6.92 Å². The number of benzene rings is 1. The van der Waals surface area contributed by atoms with Crippen molar-refractivity contribution in [3.05, 3.63) is 41.1 Å². The van der Waals surface area contributed by atoms with Crippen LogP contribution in [0.15, 0.2) is 35.5 Å². The molecule has 3 atom stereocenters. The van der Waals surface area contributed by atoms with Crippen LogP contribution in [0.3, 0.4) is 0 Å². The molecule has 2 aliphatic rings. The molecular weight excluding hydrogens is 358 g/mol. The van der Waals surface area contributed by atoms with E-state index in [1.165, 1.54) is 40.9 Å². The molecule has 9 heteroatoms. The van der Waals surface area contributed by atoms with Gasteiger partial charge in [-0.3, -0.25) is 14.5 Å². The molecule has 2 aliphatic heterocycles. The van der Waals surface area contributed by atoms with Crippen molar-refractivity contribution in [3.8, 4) is 5.75 Å². The lowest BCUT2D eigenvalue weighted by atomic mass is 10.0. The van der Waals surface area contributed by atoms with E-state index in [0.29, 0.717) is 23.3 Å². The summed E-state index contributed by atoms with van der Waals surface area (Å²) in [7, 11) is 0. The first-order valence-electron chi connectivity index (χ1n) is 8.10. The van der Waals surface area contributed by atoms with E-state index in [1.54, 1.807) is 0 Å². The Morgan fingerprint density at radius 1 is 1.38 bits per heavy atom.